The van der Waals surface area contributed by atoms with Gasteiger partial charge in [-0.3, -0.25) is 14.5 Å². The number of hydrogen-bond acceptors (Lipinski definition) is 6. The summed E-state index contributed by atoms with van der Waals surface area (Å²) in [5.74, 6) is -0.664. The minimum Gasteiger partial charge on any atom is -0.456 e. The van der Waals surface area contributed by atoms with Gasteiger partial charge in [-0.05, 0) is 24.3 Å². The van der Waals surface area contributed by atoms with Crippen LogP contribution in [0.4, 0.5) is 10.8 Å². The normalized spacial score (nSPS) is 10.3. The maximum Gasteiger partial charge on any atom is 0.338 e. The van der Waals surface area contributed by atoms with E-state index in [9.17, 15) is 14.4 Å². The van der Waals surface area contributed by atoms with Gasteiger partial charge in [0, 0.05) is 17.9 Å². The lowest BCUT2D eigenvalue weighted by Gasteiger charge is -2.17. The van der Waals surface area contributed by atoms with Crippen molar-refractivity contribution in [2.75, 3.05) is 4.90 Å². The number of aromatic nitrogens is 1. The molecule has 136 valence electrons. The molecule has 3 rings (SSSR count). The fourth-order valence-corrected chi connectivity index (χ4v) is 3.26. The average molecular weight is 380 g/mol. The number of carbonyl (C=O) groups is 3. The molecule has 1 aromatic heterocycles. The van der Waals surface area contributed by atoms with Crippen molar-refractivity contribution in [3.05, 3.63) is 76.8 Å². The quantitative estimate of drug-likeness (QED) is 0.477. The summed E-state index contributed by atoms with van der Waals surface area (Å²) in [6, 6.07) is 15.4. The van der Waals surface area contributed by atoms with E-state index >= 15 is 0 Å². The summed E-state index contributed by atoms with van der Waals surface area (Å²) in [5, 5.41) is 2.26. The summed E-state index contributed by atoms with van der Waals surface area (Å²) in [5.41, 5.74) is 2.11. The molecule has 0 bridgehead atoms. The highest BCUT2D eigenvalue weighted by Crippen LogP contribution is 2.28. The molecule has 27 heavy (non-hydrogen) atoms. The van der Waals surface area contributed by atoms with Crippen molar-refractivity contribution in [1.82, 2.24) is 4.98 Å². The van der Waals surface area contributed by atoms with E-state index in [-0.39, 0.29) is 12.5 Å². The molecule has 0 unspecified atom stereocenters. The average Bonchev–Trinajstić information content (AvgIpc) is 3.15. The molecule has 0 atom stereocenters. The van der Waals surface area contributed by atoms with Crippen molar-refractivity contribution in [2.45, 2.75) is 13.5 Å². The van der Waals surface area contributed by atoms with Crippen LogP contribution < -0.4 is 4.90 Å². The van der Waals surface area contributed by atoms with E-state index in [4.69, 9.17) is 4.74 Å². The molecule has 2 aromatic carbocycles. The first kappa shape index (κ1) is 18.5. The molecule has 0 radical (unpaired) electrons. The summed E-state index contributed by atoms with van der Waals surface area (Å²) in [4.78, 5) is 40.7. The van der Waals surface area contributed by atoms with Gasteiger partial charge in [-0.25, -0.2) is 9.78 Å². The number of anilines is 2. The van der Waals surface area contributed by atoms with Gasteiger partial charge in [0.15, 0.2) is 5.13 Å². The molecule has 0 N–H and O–H groups in total. The molecular formula is C20H16N2O4S. The topological polar surface area (TPSA) is 76.6 Å². The summed E-state index contributed by atoms with van der Waals surface area (Å²) >= 11 is 1.30. The van der Waals surface area contributed by atoms with E-state index in [1.54, 1.807) is 17.5 Å². The lowest BCUT2D eigenvalue weighted by atomic mass is 10.1. The SMILES string of the molecule is CC(=O)N(c1ccccc1)c1nc(COC(=O)c2ccc(C=O)cc2)cs1. The van der Waals surface area contributed by atoms with E-state index < -0.39 is 5.97 Å². The van der Waals surface area contributed by atoms with E-state index in [1.165, 1.54) is 35.3 Å². The predicted octanol–water partition coefficient (Wildman–Crippen LogP) is 4.00. The van der Waals surface area contributed by atoms with Gasteiger partial charge < -0.3 is 4.74 Å². The molecule has 7 heteroatoms. The third kappa shape index (κ3) is 4.45. The molecule has 0 spiro atoms. The Kier molecular flexibility index (Phi) is 5.73. The van der Waals surface area contributed by atoms with Gasteiger partial charge >= 0.3 is 5.97 Å². The van der Waals surface area contributed by atoms with Gasteiger partial charge in [0.2, 0.25) is 5.91 Å². The molecular weight excluding hydrogens is 364 g/mol. The molecule has 0 saturated heterocycles. The number of rotatable bonds is 6. The zero-order valence-electron chi connectivity index (χ0n) is 14.5. The second-order valence-corrected chi connectivity index (χ2v) is 6.46. The largest absolute Gasteiger partial charge is 0.456 e. The van der Waals surface area contributed by atoms with Gasteiger partial charge in [0.25, 0.3) is 0 Å². The van der Waals surface area contributed by atoms with E-state index in [0.717, 1.165) is 5.69 Å². The number of thiazole rings is 1. The highest BCUT2D eigenvalue weighted by atomic mass is 32.1. The zero-order valence-corrected chi connectivity index (χ0v) is 15.3. The van der Waals surface area contributed by atoms with Crippen molar-refractivity contribution in [1.29, 1.82) is 0 Å². The molecule has 0 aliphatic rings. The van der Waals surface area contributed by atoms with Gasteiger partial charge in [0.1, 0.15) is 12.9 Å². The number of carbonyl (C=O) groups excluding carboxylic acids is 3. The van der Waals surface area contributed by atoms with Crippen LogP contribution in [0.15, 0.2) is 60.0 Å². The third-order valence-electron chi connectivity index (χ3n) is 3.69. The van der Waals surface area contributed by atoms with Crippen LogP contribution in [0.3, 0.4) is 0 Å². The van der Waals surface area contributed by atoms with Crippen molar-refractivity contribution in [3.63, 3.8) is 0 Å². The first-order chi connectivity index (χ1) is 13.1. The molecule has 0 saturated carbocycles. The van der Waals surface area contributed by atoms with Gasteiger partial charge in [-0.15, -0.1) is 11.3 Å². The van der Waals surface area contributed by atoms with Crippen molar-refractivity contribution < 1.29 is 19.1 Å². The summed E-state index contributed by atoms with van der Waals surface area (Å²) in [6.45, 7) is 1.46. The molecule has 6 nitrogen and oxygen atoms in total. The van der Waals surface area contributed by atoms with Crippen molar-refractivity contribution in [3.8, 4) is 0 Å². The van der Waals surface area contributed by atoms with Gasteiger partial charge in [-0.1, -0.05) is 30.3 Å². The van der Waals surface area contributed by atoms with Crippen LogP contribution in [0.1, 0.15) is 33.3 Å². The first-order valence-corrected chi connectivity index (χ1v) is 8.99. The Morgan fingerprint density at radius 3 is 2.44 bits per heavy atom. The molecule has 0 aliphatic heterocycles. The van der Waals surface area contributed by atoms with Crippen LogP contribution >= 0.6 is 11.3 Å². The van der Waals surface area contributed by atoms with Gasteiger partial charge in [0.05, 0.1) is 16.9 Å². The Hall–Kier alpha value is -3.32. The maximum atomic E-state index is 12.1. The standard InChI is InChI=1S/C20H16N2O4S/c1-14(24)22(18-5-3-2-4-6-18)20-21-17(13-27-20)12-26-19(25)16-9-7-15(11-23)8-10-16/h2-11,13H,12H2,1H3. The van der Waals surface area contributed by atoms with E-state index in [1.807, 2.05) is 30.3 Å². The minimum atomic E-state index is -0.506. The van der Waals surface area contributed by atoms with Gasteiger partial charge in [-0.2, -0.15) is 0 Å². The van der Waals surface area contributed by atoms with E-state index in [0.29, 0.717) is 28.2 Å². The fourth-order valence-electron chi connectivity index (χ4n) is 2.39. The van der Waals surface area contributed by atoms with Crippen molar-refractivity contribution in [2.24, 2.45) is 0 Å². The number of esters is 1. The monoisotopic (exact) mass is 380 g/mol. The smallest absolute Gasteiger partial charge is 0.338 e. The van der Waals surface area contributed by atoms with Crippen LogP contribution in [0.5, 0.6) is 0 Å². The molecule has 1 amide bonds. The Balaban J connectivity index is 1.68. The number of ether oxygens (including phenoxy) is 1. The number of benzene rings is 2. The Labute approximate surface area is 160 Å². The highest BCUT2D eigenvalue weighted by Gasteiger charge is 2.18. The van der Waals surface area contributed by atoms with Crippen LogP contribution in [-0.4, -0.2) is 23.1 Å². The molecule has 0 fully saturated rings. The maximum absolute atomic E-state index is 12.1. The Bertz CT molecular complexity index is 952. The van der Waals surface area contributed by atoms with Crippen molar-refractivity contribution >= 4 is 40.3 Å². The minimum absolute atomic E-state index is 0.00863. The zero-order chi connectivity index (χ0) is 19.2. The highest BCUT2D eigenvalue weighted by molar-refractivity contribution is 7.14. The Morgan fingerprint density at radius 2 is 1.81 bits per heavy atom. The van der Waals surface area contributed by atoms with Crippen LogP contribution in [-0.2, 0) is 16.1 Å². The summed E-state index contributed by atoms with van der Waals surface area (Å²) < 4.78 is 5.26. The second-order valence-electron chi connectivity index (χ2n) is 5.63. The predicted molar refractivity (Wildman–Crippen MR) is 102 cm³/mol. The van der Waals surface area contributed by atoms with Crippen LogP contribution in [0, 0.1) is 0 Å². The third-order valence-corrected chi connectivity index (χ3v) is 4.57. The number of nitrogens with zero attached hydrogens (tertiary/aromatic N) is 2. The number of hydrogen-bond donors (Lipinski definition) is 0. The van der Waals surface area contributed by atoms with Crippen LogP contribution in [0.25, 0.3) is 0 Å². The fraction of sp³-hybridized carbons (Fsp3) is 0.100. The van der Waals surface area contributed by atoms with Crippen LogP contribution in [0.2, 0.25) is 0 Å². The molecule has 1 heterocycles. The second kappa shape index (κ2) is 8.37. The number of amides is 1. The number of aldehydes is 1. The number of para-hydroxylation sites is 1. The molecule has 0 aliphatic carbocycles. The summed E-state index contributed by atoms with van der Waals surface area (Å²) in [6.07, 6.45) is 0.708. The lowest BCUT2D eigenvalue weighted by Crippen LogP contribution is -2.22. The lowest BCUT2D eigenvalue weighted by molar-refractivity contribution is -0.115. The summed E-state index contributed by atoms with van der Waals surface area (Å²) in [7, 11) is 0. The first-order valence-electron chi connectivity index (χ1n) is 8.11. The molecule has 3 aromatic rings. The van der Waals surface area contributed by atoms with E-state index in [2.05, 4.69) is 4.98 Å². The Morgan fingerprint density at radius 1 is 1.11 bits per heavy atom.